The van der Waals surface area contributed by atoms with Crippen molar-refractivity contribution in [2.24, 2.45) is 5.92 Å². The van der Waals surface area contributed by atoms with Gasteiger partial charge in [0.05, 0.1) is 5.25 Å². The molecule has 0 saturated carbocycles. The molecule has 1 aromatic heterocycles. The number of furan rings is 1. The highest BCUT2D eigenvalue weighted by atomic mass is 32.2. The largest absolute Gasteiger partial charge is 0.466 e. The number of hydrogen-bond donors (Lipinski definition) is 1. The highest BCUT2D eigenvalue weighted by Gasteiger charge is 2.28. The van der Waals surface area contributed by atoms with Crippen molar-refractivity contribution >= 4 is 15.9 Å². The minimum atomic E-state index is -3.60. The van der Waals surface area contributed by atoms with Crippen molar-refractivity contribution in [1.82, 2.24) is 4.72 Å². The highest BCUT2D eigenvalue weighted by molar-refractivity contribution is 7.90. The topological polar surface area (TPSA) is 76.4 Å². The number of amides is 1. The van der Waals surface area contributed by atoms with Crippen molar-refractivity contribution in [2.45, 2.75) is 52.2 Å². The van der Waals surface area contributed by atoms with E-state index in [-0.39, 0.29) is 12.3 Å². The van der Waals surface area contributed by atoms with Gasteiger partial charge >= 0.3 is 0 Å². The Morgan fingerprint density at radius 1 is 1.35 bits per heavy atom. The summed E-state index contributed by atoms with van der Waals surface area (Å²) in [4.78, 5) is 11.7. The number of nitrogens with one attached hydrogen (secondary N) is 1. The zero-order valence-electron chi connectivity index (χ0n) is 12.5. The first kappa shape index (κ1) is 16.8. The maximum Gasteiger partial charge on any atom is 0.238 e. The van der Waals surface area contributed by atoms with E-state index < -0.39 is 21.2 Å². The summed E-state index contributed by atoms with van der Waals surface area (Å²) in [5, 5.41) is -0.544. The summed E-state index contributed by atoms with van der Waals surface area (Å²) >= 11 is 0. The van der Waals surface area contributed by atoms with Gasteiger partial charge in [-0.15, -0.1) is 0 Å². The summed E-state index contributed by atoms with van der Waals surface area (Å²) in [6, 6.07) is 3.61. The Labute approximate surface area is 120 Å². The van der Waals surface area contributed by atoms with Crippen LogP contribution in [-0.2, 0) is 21.2 Å². The van der Waals surface area contributed by atoms with Crippen LogP contribution in [-0.4, -0.2) is 19.6 Å². The van der Waals surface area contributed by atoms with Crippen LogP contribution >= 0.6 is 0 Å². The molecule has 0 aromatic carbocycles. The summed E-state index contributed by atoms with van der Waals surface area (Å²) in [5.74, 6) is 0.945. The lowest BCUT2D eigenvalue weighted by molar-refractivity contribution is -0.119. The lowest BCUT2D eigenvalue weighted by Gasteiger charge is -2.19. The van der Waals surface area contributed by atoms with Crippen molar-refractivity contribution in [3.8, 4) is 0 Å². The molecule has 114 valence electrons. The van der Waals surface area contributed by atoms with Gasteiger partial charge in [0.15, 0.2) is 0 Å². The second kappa shape index (κ2) is 6.92. The molecular formula is C14H23NO4S. The Morgan fingerprint density at radius 2 is 2.00 bits per heavy atom. The zero-order valence-corrected chi connectivity index (χ0v) is 13.3. The maximum absolute atomic E-state index is 12.1. The maximum atomic E-state index is 12.1. The van der Waals surface area contributed by atoms with E-state index in [0.717, 1.165) is 5.76 Å². The average Bonchev–Trinajstić information content (AvgIpc) is 2.71. The van der Waals surface area contributed by atoms with Crippen molar-refractivity contribution in [3.63, 3.8) is 0 Å². The van der Waals surface area contributed by atoms with E-state index in [1.54, 1.807) is 13.0 Å². The highest BCUT2D eigenvalue weighted by Crippen LogP contribution is 2.15. The first-order valence-electron chi connectivity index (χ1n) is 6.86. The number of sulfonamides is 1. The van der Waals surface area contributed by atoms with Crippen LogP contribution in [0.3, 0.4) is 0 Å². The molecule has 0 radical (unpaired) electrons. The molecule has 0 saturated heterocycles. The minimum absolute atomic E-state index is 0.0296. The Morgan fingerprint density at radius 3 is 2.45 bits per heavy atom. The minimum Gasteiger partial charge on any atom is -0.466 e. The van der Waals surface area contributed by atoms with Crippen LogP contribution in [0.5, 0.6) is 0 Å². The van der Waals surface area contributed by atoms with Gasteiger partial charge < -0.3 is 4.42 Å². The molecule has 1 amide bonds. The predicted octanol–water partition coefficient (Wildman–Crippen LogP) is 2.40. The van der Waals surface area contributed by atoms with Crippen LogP contribution < -0.4 is 4.72 Å². The molecule has 0 aliphatic carbocycles. The van der Waals surface area contributed by atoms with Crippen LogP contribution in [0, 0.1) is 12.8 Å². The van der Waals surface area contributed by atoms with Gasteiger partial charge in [0, 0.05) is 12.8 Å². The molecule has 0 fully saturated rings. The fourth-order valence-electron chi connectivity index (χ4n) is 2.19. The third-order valence-corrected chi connectivity index (χ3v) is 5.38. The lowest BCUT2D eigenvalue weighted by Crippen LogP contribution is -2.40. The molecule has 1 aromatic rings. The average molecular weight is 301 g/mol. The Kier molecular flexibility index (Phi) is 5.80. The van der Waals surface area contributed by atoms with E-state index in [1.165, 1.54) is 0 Å². The first-order valence-corrected chi connectivity index (χ1v) is 8.40. The number of carbonyl (C=O) groups excluding carboxylic acids is 1. The monoisotopic (exact) mass is 301 g/mol. The number of aryl methyl sites for hydroxylation is 2. The van der Waals surface area contributed by atoms with E-state index in [9.17, 15) is 13.2 Å². The third-order valence-electron chi connectivity index (χ3n) is 3.20. The Hall–Kier alpha value is -1.30. The number of rotatable bonds is 7. The van der Waals surface area contributed by atoms with Gasteiger partial charge in [-0.1, -0.05) is 20.8 Å². The molecule has 1 atom stereocenters. The molecular weight excluding hydrogens is 278 g/mol. The summed E-state index contributed by atoms with van der Waals surface area (Å²) < 4.78 is 31.6. The van der Waals surface area contributed by atoms with Gasteiger partial charge in [-0.05, 0) is 31.4 Å². The van der Waals surface area contributed by atoms with Crippen molar-refractivity contribution in [2.75, 3.05) is 0 Å². The van der Waals surface area contributed by atoms with Crippen LogP contribution in [0.4, 0.5) is 0 Å². The van der Waals surface area contributed by atoms with Gasteiger partial charge in [0.2, 0.25) is 15.9 Å². The normalized spacial score (nSPS) is 13.4. The predicted molar refractivity (Wildman–Crippen MR) is 77.7 cm³/mol. The van der Waals surface area contributed by atoms with Crippen LogP contribution in [0.25, 0.3) is 0 Å². The second-order valence-corrected chi connectivity index (χ2v) is 7.17. The van der Waals surface area contributed by atoms with E-state index in [2.05, 4.69) is 4.72 Å². The van der Waals surface area contributed by atoms with Crippen molar-refractivity contribution in [3.05, 3.63) is 23.7 Å². The quantitative estimate of drug-likeness (QED) is 0.839. The standard InChI is InChI=1S/C14H23NO4S/c1-5-13(10(2)3)20(17,18)15-14(16)9-8-12-7-6-11(4)19-12/h6-7,10,13H,5,8-9H2,1-4H3,(H,15,16)/t13-/m0/s1. The zero-order chi connectivity index (χ0) is 15.3. The third kappa shape index (κ3) is 4.67. The van der Waals surface area contributed by atoms with E-state index in [1.807, 2.05) is 26.8 Å². The van der Waals surface area contributed by atoms with E-state index in [4.69, 9.17) is 4.42 Å². The van der Waals surface area contributed by atoms with Gasteiger partial charge in [-0.3, -0.25) is 9.52 Å². The van der Waals surface area contributed by atoms with E-state index >= 15 is 0 Å². The molecule has 1 heterocycles. The summed E-state index contributed by atoms with van der Waals surface area (Å²) in [6.07, 6.45) is 0.978. The smallest absolute Gasteiger partial charge is 0.238 e. The van der Waals surface area contributed by atoms with Gasteiger partial charge in [0.25, 0.3) is 0 Å². The fourth-order valence-corrected chi connectivity index (χ4v) is 3.92. The molecule has 6 heteroatoms. The first-order chi connectivity index (χ1) is 9.26. The second-order valence-electron chi connectivity index (χ2n) is 5.27. The van der Waals surface area contributed by atoms with Gasteiger partial charge in [-0.2, -0.15) is 0 Å². The number of hydrogen-bond acceptors (Lipinski definition) is 4. The van der Waals surface area contributed by atoms with Crippen LogP contribution in [0.15, 0.2) is 16.5 Å². The van der Waals surface area contributed by atoms with Gasteiger partial charge in [-0.25, -0.2) is 8.42 Å². The summed E-state index contributed by atoms with van der Waals surface area (Å²) in [5.41, 5.74) is 0. The molecule has 5 nitrogen and oxygen atoms in total. The summed E-state index contributed by atoms with van der Waals surface area (Å²) in [7, 11) is -3.60. The summed E-state index contributed by atoms with van der Waals surface area (Å²) in [6.45, 7) is 7.30. The molecule has 0 aliphatic heterocycles. The molecule has 20 heavy (non-hydrogen) atoms. The molecule has 1 rings (SSSR count). The molecule has 1 N–H and O–H groups in total. The van der Waals surface area contributed by atoms with Crippen molar-refractivity contribution in [1.29, 1.82) is 0 Å². The number of carbonyl (C=O) groups is 1. The SMILES string of the molecule is CC[C@@H](C(C)C)S(=O)(=O)NC(=O)CCc1ccc(C)o1. The van der Waals surface area contributed by atoms with Gasteiger partial charge in [0.1, 0.15) is 11.5 Å². The lowest BCUT2D eigenvalue weighted by atomic mass is 10.1. The van der Waals surface area contributed by atoms with Crippen molar-refractivity contribution < 1.29 is 17.6 Å². The molecule has 0 aliphatic rings. The molecule has 0 unspecified atom stereocenters. The molecule has 0 bridgehead atoms. The van der Waals surface area contributed by atoms with Crippen LogP contribution in [0.2, 0.25) is 0 Å². The Balaban J connectivity index is 2.57. The van der Waals surface area contributed by atoms with E-state index in [0.29, 0.717) is 18.6 Å². The Bertz CT molecular complexity index is 545. The van der Waals surface area contributed by atoms with Crippen LogP contribution in [0.1, 0.15) is 45.1 Å². The fraction of sp³-hybridized carbons (Fsp3) is 0.643. The molecule has 0 spiro atoms.